The number of carbonyl (C=O) groups is 1. The van der Waals surface area contributed by atoms with Gasteiger partial charge in [0.1, 0.15) is 0 Å². The number of hydrogen-bond donors (Lipinski definition) is 1. The van der Waals surface area contributed by atoms with Crippen molar-refractivity contribution in [3.8, 4) is 0 Å². The smallest absolute Gasteiger partial charge is 0.332 e. The second-order valence-corrected chi connectivity index (χ2v) is 5.36. The van der Waals surface area contributed by atoms with Gasteiger partial charge in [0, 0.05) is 20.3 Å². The molecular weight excluding hydrogens is 234 g/mol. The first kappa shape index (κ1) is 13.8. The van der Waals surface area contributed by atoms with Gasteiger partial charge >= 0.3 is 5.97 Å². The van der Waals surface area contributed by atoms with Gasteiger partial charge in [0.2, 0.25) is 0 Å². The van der Waals surface area contributed by atoms with E-state index in [1.807, 2.05) is 0 Å². The molecule has 2 aliphatic rings. The van der Waals surface area contributed by atoms with Crippen molar-refractivity contribution in [2.24, 2.45) is 5.92 Å². The van der Waals surface area contributed by atoms with Crippen molar-refractivity contribution in [3.05, 3.63) is 0 Å². The van der Waals surface area contributed by atoms with Crippen LogP contribution in [0.3, 0.4) is 0 Å². The molecule has 0 aromatic carbocycles. The quantitative estimate of drug-likeness (QED) is 0.795. The molecule has 0 bridgehead atoms. The molecule has 18 heavy (non-hydrogen) atoms. The Morgan fingerprint density at radius 3 is 2.61 bits per heavy atom. The van der Waals surface area contributed by atoms with E-state index >= 15 is 0 Å². The Balaban J connectivity index is 1.68. The molecule has 2 unspecified atom stereocenters. The summed E-state index contributed by atoms with van der Waals surface area (Å²) in [5.74, 6) is -0.140. The zero-order chi connectivity index (χ0) is 13.0. The predicted molar refractivity (Wildman–Crippen MR) is 66.6 cm³/mol. The van der Waals surface area contributed by atoms with E-state index in [0.717, 1.165) is 32.7 Å². The topological polar surface area (TPSA) is 59.0 Å². The summed E-state index contributed by atoms with van der Waals surface area (Å²) in [5, 5.41) is 8.88. The van der Waals surface area contributed by atoms with Gasteiger partial charge in [0.15, 0.2) is 6.10 Å². The zero-order valence-corrected chi connectivity index (χ0v) is 11.0. The predicted octanol–water partition coefficient (Wildman–Crippen LogP) is 0.977. The van der Waals surface area contributed by atoms with Crippen LogP contribution in [0.4, 0.5) is 0 Å². The Kier molecular flexibility index (Phi) is 4.97. The number of hydrogen-bond acceptors (Lipinski definition) is 4. The molecule has 5 heteroatoms. The average molecular weight is 257 g/mol. The van der Waals surface area contributed by atoms with Crippen LogP contribution < -0.4 is 0 Å². The van der Waals surface area contributed by atoms with Crippen LogP contribution in [0, 0.1) is 5.92 Å². The Bertz CT molecular complexity index is 276. The SMILES string of the molecule is COCC1CCN(CC2CCC(C(=O)O)O2)CC1. The molecule has 104 valence electrons. The van der Waals surface area contributed by atoms with Gasteiger partial charge in [-0.25, -0.2) is 4.79 Å². The van der Waals surface area contributed by atoms with Crippen LogP contribution in [0.2, 0.25) is 0 Å². The highest BCUT2D eigenvalue weighted by Crippen LogP contribution is 2.23. The van der Waals surface area contributed by atoms with Gasteiger partial charge in [-0.15, -0.1) is 0 Å². The summed E-state index contributed by atoms with van der Waals surface area (Å²) in [5.41, 5.74) is 0. The van der Waals surface area contributed by atoms with Crippen molar-refractivity contribution in [1.29, 1.82) is 0 Å². The van der Waals surface area contributed by atoms with E-state index in [0.29, 0.717) is 12.3 Å². The lowest BCUT2D eigenvalue weighted by Gasteiger charge is -2.33. The molecule has 0 aromatic heterocycles. The second-order valence-electron chi connectivity index (χ2n) is 5.36. The molecule has 2 aliphatic heterocycles. The molecule has 2 heterocycles. The van der Waals surface area contributed by atoms with Gasteiger partial charge in [-0.05, 0) is 44.7 Å². The largest absolute Gasteiger partial charge is 0.479 e. The van der Waals surface area contributed by atoms with E-state index in [1.54, 1.807) is 7.11 Å². The summed E-state index contributed by atoms with van der Waals surface area (Å²) < 4.78 is 10.7. The molecule has 0 saturated carbocycles. The summed E-state index contributed by atoms with van der Waals surface area (Å²) in [6, 6.07) is 0. The third kappa shape index (κ3) is 3.67. The third-order valence-electron chi connectivity index (χ3n) is 3.95. The minimum Gasteiger partial charge on any atom is -0.479 e. The summed E-state index contributed by atoms with van der Waals surface area (Å²) in [4.78, 5) is 13.2. The maximum atomic E-state index is 10.8. The minimum absolute atomic E-state index is 0.102. The summed E-state index contributed by atoms with van der Waals surface area (Å²) in [6.07, 6.45) is 3.38. The fourth-order valence-corrected chi connectivity index (χ4v) is 2.88. The Morgan fingerprint density at radius 1 is 1.33 bits per heavy atom. The van der Waals surface area contributed by atoms with Crippen molar-refractivity contribution >= 4 is 5.97 Å². The van der Waals surface area contributed by atoms with Crippen LogP contribution in [0.5, 0.6) is 0 Å². The number of aliphatic carboxylic acids is 1. The van der Waals surface area contributed by atoms with Crippen molar-refractivity contribution in [3.63, 3.8) is 0 Å². The summed E-state index contributed by atoms with van der Waals surface area (Å²) in [6.45, 7) is 3.88. The van der Waals surface area contributed by atoms with Gasteiger partial charge in [-0.2, -0.15) is 0 Å². The van der Waals surface area contributed by atoms with Gasteiger partial charge in [-0.3, -0.25) is 0 Å². The van der Waals surface area contributed by atoms with Crippen molar-refractivity contribution in [1.82, 2.24) is 4.90 Å². The third-order valence-corrected chi connectivity index (χ3v) is 3.95. The van der Waals surface area contributed by atoms with Crippen LogP contribution in [-0.2, 0) is 14.3 Å². The molecule has 5 nitrogen and oxygen atoms in total. The molecule has 0 spiro atoms. The van der Waals surface area contributed by atoms with Gasteiger partial charge in [0.25, 0.3) is 0 Å². The maximum absolute atomic E-state index is 10.8. The molecule has 1 N–H and O–H groups in total. The second kappa shape index (κ2) is 6.50. The first-order valence-electron chi connectivity index (χ1n) is 6.78. The van der Waals surface area contributed by atoms with Crippen molar-refractivity contribution in [2.45, 2.75) is 37.9 Å². The van der Waals surface area contributed by atoms with Gasteiger partial charge < -0.3 is 19.5 Å². The van der Waals surface area contributed by atoms with Gasteiger partial charge in [-0.1, -0.05) is 0 Å². The summed E-state index contributed by atoms with van der Waals surface area (Å²) in [7, 11) is 1.75. The maximum Gasteiger partial charge on any atom is 0.332 e. The van der Waals surface area contributed by atoms with Crippen molar-refractivity contribution in [2.75, 3.05) is 33.4 Å². The first-order chi connectivity index (χ1) is 8.69. The average Bonchev–Trinajstić information content (AvgIpc) is 2.81. The van der Waals surface area contributed by atoms with E-state index in [1.165, 1.54) is 12.8 Å². The van der Waals surface area contributed by atoms with Gasteiger partial charge in [0.05, 0.1) is 6.10 Å². The van der Waals surface area contributed by atoms with E-state index < -0.39 is 12.1 Å². The highest BCUT2D eigenvalue weighted by Gasteiger charge is 2.32. The molecule has 0 aliphatic carbocycles. The Labute approximate surface area is 108 Å². The molecule has 0 aromatic rings. The van der Waals surface area contributed by atoms with Crippen LogP contribution in [0.15, 0.2) is 0 Å². The zero-order valence-electron chi connectivity index (χ0n) is 11.0. The fraction of sp³-hybridized carbons (Fsp3) is 0.923. The monoisotopic (exact) mass is 257 g/mol. The molecule has 0 radical (unpaired) electrons. The number of carboxylic acid groups (broad SMARTS) is 1. The van der Waals surface area contributed by atoms with E-state index in [2.05, 4.69) is 4.90 Å². The van der Waals surface area contributed by atoms with Crippen LogP contribution in [0.25, 0.3) is 0 Å². The minimum atomic E-state index is -0.823. The standard InChI is InChI=1S/C13H23NO4/c1-17-9-10-4-6-14(7-5-10)8-11-2-3-12(18-11)13(15)16/h10-12H,2-9H2,1H3,(H,15,16). The lowest BCUT2D eigenvalue weighted by Crippen LogP contribution is -2.40. The van der Waals surface area contributed by atoms with Crippen LogP contribution in [-0.4, -0.2) is 61.5 Å². The molecule has 0 amide bonds. The Morgan fingerprint density at radius 2 is 2.06 bits per heavy atom. The lowest BCUT2D eigenvalue weighted by atomic mass is 9.97. The highest BCUT2D eigenvalue weighted by atomic mass is 16.5. The number of likely N-dealkylation sites (tertiary alicyclic amines) is 1. The van der Waals surface area contributed by atoms with E-state index in [9.17, 15) is 4.79 Å². The Hall–Kier alpha value is -0.650. The fourth-order valence-electron chi connectivity index (χ4n) is 2.88. The van der Waals surface area contributed by atoms with E-state index in [-0.39, 0.29) is 6.10 Å². The number of ether oxygens (including phenoxy) is 2. The molecular formula is C13H23NO4. The summed E-state index contributed by atoms with van der Waals surface area (Å²) >= 11 is 0. The number of nitrogens with zero attached hydrogens (tertiary/aromatic N) is 1. The van der Waals surface area contributed by atoms with Crippen molar-refractivity contribution < 1.29 is 19.4 Å². The van der Waals surface area contributed by atoms with E-state index in [4.69, 9.17) is 14.6 Å². The highest BCUT2D eigenvalue weighted by molar-refractivity contribution is 5.72. The normalized spacial score (nSPS) is 30.7. The number of piperidine rings is 1. The molecule has 2 rings (SSSR count). The van der Waals surface area contributed by atoms with Crippen LogP contribution in [0.1, 0.15) is 25.7 Å². The van der Waals surface area contributed by atoms with Crippen LogP contribution >= 0.6 is 0 Å². The molecule has 2 atom stereocenters. The lowest BCUT2D eigenvalue weighted by molar-refractivity contribution is -0.149. The number of methoxy groups -OCH3 is 1. The number of rotatable bonds is 5. The number of carboxylic acids is 1. The molecule has 2 saturated heterocycles. The first-order valence-corrected chi connectivity index (χ1v) is 6.78. The molecule has 2 fully saturated rings.